The van der Waals surface area contributed by atoms with Crippen molar-refractivity contribution in [2.75, 3.05) is 0 Å². The molecule has 2 rings (SSSR count). The number of aromatic nitrogens is 1. The summed E-state index contributed by atoms with van der Waals surface area (Å²) in [5, 5.41) is 1.07. The minimum absolute atomic E-state index is 0. The van der Waals surface area contributed by atoms with Crippen molar-refractivity contribution in [1.29, 1.82) is 0 Å². The van der Waals surface area contributed by atoms with Crippen molar-refractivity contribution in [2.24, 2.45) is 0 Å². The smallest absolute Gasteiger partial charge is 0 e. The number of pyridine rings is 1. The van der Waals surface area contributed by atoms with E-state index in [9.17, 15) is 0 Å². The Labute approximate surface area is 98.1 Å². The predicted octanol–water partition coefficient (Wildman–Crippen LogP) is 2.48. The van der Waals surface area contributed by atoms with Crippen LogP contribution in [-0.2, 0) is 32.7 Å². The fraction of sp³-hybridized carbons (Fsp3) is 0. The predicted molar refractivity (Wildman–Crippen MR) is 47.0 cm³/mol. The molecule has 2 aromatic rings. The van der Waals surface area contributed by atoms with E-state index in [1.807, 2.05) is 30.3 Å². The van der Waals surface area contributed by atoms with E-state index in [1.54, 1.807) is 6.20 Å². The molecule has 0 aliphatic heterocycles. The van der Waals surface area contributed by atoms with Crippen LogP contribution in [0.2, 0.25) is 0 Å². The van der Waals surface area contributed by atoms with Crippen molar-refractivity contribution in [3.05, 3.63) is 50.0 Å². The topological polar surface area (TPSA) is 12.9 Å². The number of benzene rings is 1. The standard InChI is InChI=1S/C9H6N.CH3.Y/c1-2-6-9-8(4-1)5-3-7-10-9;;/h1-4,6-7H;1H3;/q2*-1;. The normalized spacial score (nSPS) is 8.33. The third-order valence-corrected chi connectivity index (χ3v) is 1.43. The Balaban J connectivity index is 0.000000605. The van der Waals surface area contributed by atoms with Crippen molar-refractivity contribution in [1.82, 2.24) is 4.98 Å². The zero-order valence-electron chi connectivity index (χ0n) is 6.99. The Kier molecular flexibility index (Phi) is 5.27. The molecule has 2 heteroatoms. The van der Waals surface area contributed by atoms with E-state index in [1.165, 1.54) is 0 Å². The second-order valence-electron chi connectivity index (χ2n) is 2.11. The van der Waals surface area contributed by atoms with Gasteiger partial charge in [0.05, 0.1) is 0 Å². The largest absolute Gasteiger partial charge is 0.358 e. The van der Waals surface area contributed by atoms with E-state index in [4.69, 9.17) is 0 Å². The Hall–Kier alpha value is -0.266. The van der Waals surface area contributed by atoms with E-state index in [-0.39, 0.29) is 40.1 Å². The molecule has 0 spiro atoms. The number of para-hydroxylation sites is 1. The van der Waals surface area contributed by atoms with Gasteiger partial charge in [-0.3, -0.25) is 0 Å². The monoisotopic (exact) mass is 232 g/mol. The molecule has 12 heavy (non-hydrogen) atoms. The summed E-state index contributed by atoms with van der Waals surface area (Å²) in [6.45, 7) is 0. The molecule has 1 aromatic carbocycles. The van der Waals surface area contributed by atoms with Gasteiger partial charge in [0.1, 0.15) is 0 Å². The van der Waals surface area contributed by atoms with Crippen LogP contribution in [0, 0.1) is 13.5 Å². The SMILES string of the molecule is [CH3-].[Y].[c-]1ccnc2ccccc12. The molecule has 1 heterocycles. The molecule has 59 valence electrons. The van der Waals surface area contributed by atoms with Crippen LogP contribution in [0.25, 0.3) is 10.9 Å². The Morgan fingerprint density at radius 1 is 1.17 bits per heavy atom. The molecule has 0 saturated heterocycles. The number of nitrogens with zero attached hydrogens (tertiary/aromatic N) is 1. The summed E-state index contributed by atoms with van der Waals surface area (Å²) in [5.41, 5.74) is 1.00. The van der Waals surface area contributed by atoms with Gasteiger partial charge in [0, 0.05) is 32.7 Å². The van der Waals surface area contributed by atoms with Crippen LogP contribution in [0.15, 0.2) is 36.5 Å². The molecular weight excluding hydrogens is 223 g/mol. The first-order valence-electron chi connectivity index (χ1n) is 3.18. The molecule has 0 amide bonds. The van der Waals surface area contributed by atoms with Gasteiger partial charge in [-0.15, -0.1) is 29.7 Å². The van der Waals surface area contributed by atoms with Gasteiger partial charge in [0.2, 0.25) is 0 Å². The Morgan fingerprint density at radius 3 is 2.67 bits per heavy atom. The molecular formula is C10H9NY-2. The van der Waals surface area contributed by atoms with Gasteiger partial charge in [-0.05, 0) is 5.52 Å². The summed E-state index contributed by atoms with van der Waals surface area (Å²) in [6.07, 6.45) is 1.75. The second-order valence-corrected chi connectivity index (χ2v) is 2.11. The third-order valence-electron chi connectivity index (χ3n) is 1.43. The molecule has 1 aromatic heterocycles. The van der Waals surface area contributed by atoms with E-state index >= 15 is 0 Å². The van der Waals surface area contributed by atoms with Crippen LogP contribution in [0.1, 0.15) is 0 Å². The average molecular weight is 232 g/mol. The van der Waals surface area contributed by atoms with Gasteiger partial charge in [-0.25, -0.2) is 0 Å². The number of hydrogen-bond donors (Lipinski definition) is 0. The van der Waals surface area contributed by atoms with Gasteiger partial charge in [0.15, 0.2) is 0 Å². The Morgan fingerprint density at radius 2 is 1.92 bits per heavy atom. The number of rotatable bonds is 0. The minimum Gasteiger partial charge on any atom is -0.358 e. The molecule has 0 unspecified atom stereocenters. The fourth-order valence-electron chi connectivity index (χ4n) is 0.953. The summed E-state index contributed by atoms with van der Waals surface area (Å²) < 4.78 is 0. The van der Waals surface area contributed by atoms with Crippen molar-refractivity contribution < 1.29 is 32.7 Å². The summed E-state index contributed by atoms with van der Waals surface area (Å²) in [4.78, 5) is 4.15. The molecule has 0 atom stereocenters. The maximum absolute atomic E-state index is 4.15. The van der Waals surface area contributed by atoms with Crippen LogP contribution >= 0.6 is 0 Å². The van der Waals surface area contributed by atoms with E-state index < -0.39 is 0 Å². The van der Waals surface area contributed by atoms with Crippen molar-refractivity contribution in [3.63, 3.8) is 0 Å². The maximum Gasteiger partial charge on any atom is 0 e. The van der Waals surface area contributed by atoms with Gasteiger partial charge < -0.3 is 12.4 Å². The van der Waals surface area contributed by atoms with Crippen molar-refractivity contribution in [3.8, 4) is 0 Å². The molecule has 0 aliphatic rings. The Bertz CT molecular complexity index is 281. The van der Waals surface area contributed by atoms with Gasteiger partial charge in [-0.2, -0.15) is 0 Å². The van der Waals surface area contributed by atoms with Crippen LogP contribution in [0.4, 0.5) is 0 Å². The van der Waals surface area contributed by atoms with Gasteiger partial charge in [-0.1, -0.05) is 18.3 Å². The maximum atomic E-state index is 4.15. The van der Waals surface area contributed by atoms with E-state index in [2.05, 4.69) is 11.1 Å². The summed E-state index contributed by atoms with van der Waals surface area (Å²) in [6, 6.07) is 12.9. The molecule has 0 N–H and O–H groups in total. The summed E-state index contributed by atoms with van der Waals surface area (Å²) >= 11 is 0. The molecule has 1 nitrogen and oxygen atoms in total. The number of fused-ring (bicyclic) bond motifs is 1. The van der Waals surface area contributed by atoms with Crippen molar-refractivity contribution in [2.45, 2.75) is 0 Å². The van der Waals surface area contributed by atoms with E-state index in [0.717, 1.165) is 10.9 Å². The first-order chi connectivity index (χ1) is 4.97. The van der Waals surface area contributed by atoms with Gasteiger partial charge >= 0.3 is 0 Å². The number of hydrogen-bond acceptors (Lipinski definition) is 1. The second kappa shape index (κ2) is 5.39. The van der Waals surface area contributed by atoms with Crippen LogP contribution < -0.4 is 0 Å². The average Bonchev–Trinajstić information content (AvgIpc) is 2.05. The van der Waals surface area contributed by atoms with Crippen LogP contribution in [-0.4, -0.2) is 4.98 Å². The summed E-state index contributed by atoms with van der Waals surface area (Å²) in [7, 11) is 0. The molecule has 0 saturated carbocycles. The van der Waals surface area contributed by atoms with Gasteiger partial charge in [0.25, 0.3) is 0 Å². The van der Waals surface area contributed by atoms with E-state index in [0.29, 0.717) is 0 Å². The van der Waals surface area contributed by atoms with Crippen LogP contribution in [0.3, 0.4) is 0 Å². The fourth-order valence-corrected chi connectivity index (χ4v) is 0.953. The van der Waals surface area contributed by atoms with Crippen molar-refractivity contribution >= 4 is 10.9 Å². The quantitative estimate of drug-likeness (QED) is 0.636. The molecule has 0 bridgehead atoms. The molecule has 0 fully saturated rings. The third kappa shape index (κ3) is 2.36. The zero-order valence-corrected chi connectivity index (χ0v) is 9.83. The zero-order chi connectivity index (χ0) is 6.81. The minimum atomic E-state index is 0. The first-order valence-corrected chi connectivity index (χ1v) is 3.18. The first kappa shape index (κ1) is 11.7. The summed E-state index contributed by atoms with van der Waals surface area (Å²) in [5.74, 6) is 0. The molecule has 1 radical (unpaired) electrons. The van der Waals surface area contributed by atoms with Crippen LogP contribution in [0.5, 0.6) is 0 Å². The molecule has 0 aliphatic carbocycles.